The van der Waals surface area contributed by atoms with E-state index >= 15 is 0 Å². The van der Waals surface area contributed by atoms with Crippen LogP contribution in [0.5, 0.6) is 5.75 Å². The minimum Gasteiger partial charge on any atom is -0.471 e. The molecule has 0 aliphatic carbocycles. The van der Waals surface area contributed by atoms with Crippen molar-refractivity contribution in [3.63, 3.8) is 0 Å². The van der Waals surface area contributed by atoms with Crippen LogP contribution in [0.1, 0.15) is 12.5 Å². The number of nitrogens with zero attached hydrogens (tertiary/aromatic N) is 4. The normalized spacial score (nSPS) is 12.2. The van der Waals surface area contributed by atoms with Crippen molar-refractivity contribution < 1.29 is 23.6 Å². The first-order valence-corrected chi connectivity index (χ1v) is 12.4. The molecule has 5 rings (SSSR count). The Hall–Kier alpha value is -4.74. The highest BCUT2D eigenvalue weighted by molar-refractivity contribution is 6.31. The van der Waals surface area contributed by atoms with Gasteiger partial charge in [0.1, 0.15) is 5.58 Å². The van der Waals surface area contributed by atoms with E-state index in [1.807, 2.05) is 0 Å². The van der Waals surface area contributed by atoms with E-state index < -0.39 is 28.2 Å². The number of benzene rings is 3. The van der Waals surface area contributed by atoms with Crippen molar-refractivity contribution in [2.45, 2.75) is 13.0 Å². The molecule has 0 aliphatic heterocycles. The lowest BCUT2D eigenvalue weighted by atomic mass is 10.2. The second kappa shape index (κ2) is 10.8. The van der Waals surface area contributed by atoms with Gasteiger partial charge in [-0.05, 0) is 49.4 Å². The minimum atomic E-state index is -1.19. The van der Waals surface area contributed by atoms with Crippen LogP contribution in [-0.2, 0) is 9.53 Å². The molecule has 0 radical (unpaired) electrons. The van der Waals surface area contributed by atoms with E-state index in [1.54, 1.807) is 48.5 Å². The molecule has 0 aliphatic rings. The number of furan rings is 1. The summed E-state index contributed by atoms with van der Waals surface area (Å²) in [4.78, 5) is 41.2. The van der Waals surface area contributed by atoms with Gasteiger partial charge >= 0.3 is 11.7 Å². The zero-order valence-electron chi connectivity index (χ0n) is 20.8. The highest BCUT2D eigenvalue weighted by atomic mass is 35.5. The van der Waals surface area contributed by atoms with Crippen LogP contribution in [0.15, 0.2) is 75.0 Å². The first-order valence-electron chi connectivity index (χ1n) is 11.6. The molecule has 5 aromatic rings. The number of para-hydroxylation sites is 1. The molecule has 0 amide bonds. The highest BCUT2D eigenvalue weighted by Crippen LogP contribution is 2.35. The highest BCUT2D eigenvalue weighted by Gasteiger charge is 2.26. The van der Waals surface area contributed by atoms with E-state index in [9.17, 15) is 19.7 Å². The van der Waals surface area contributed by atoms with Crippen molar-refractivity contribution in [2.75, 3.05) is 7.11 Å². The Morgan fingerprint density at radius 3 is 2.67 bits per heavy atom. The quantitative estimate of drug-likeness (QED) is 0.101. The van der Waals surface area contributed by atoms with Gasteiger partial charge < -0.3 is 13.9 Å². The third kappa shape index (κ3) is 5.12. The molecule has 1 atom stereocenters. The molecule has 0 spiro atoms. The minimum absolute atomic E-state index is 0.00425. The molecule has 0 N–H and O–H groups in total. The molecule has 0 unspecified atom stereocenters. The predicted molar refractivity (Wildman–Crippen MR) is 149 cm³/mol. The van der Waals surface area contributed by atoms with Gasteiger partial charge in [0.05, 0.1) is 29.2 Å². The van der Waals surface area contributed by atoms with Gasteiger partial charge in [-0.15, -0.1) is 0 Å². The summed E-state index contributed by atoms with van der Waals surface area (Å²) in [6, 6.07) is 15.8. The number of aromatic nitrogens is 2. The Bertz CT molecular complexity index is 1900. The lowest BCUT2D eigenvalue weighted by Crippen LogP contribution is -2.26. The Labute approximate surface area is 235 Å². The molecular formula is C27H18Cl2N4O7. The third-order valence-electron chi connectivity index (χ3n) is 5.85. The monoisotopic (exact) mass is 580 g/mol. The van der Waals surface area contributed by atoms with Crippen LogP contribution in [0.25, 0.3) is 33.5 Å². The van der Waals surface area contributed by atoms with E-state index in [-0.39, 0.29) is 33.3 Å². The van der Waals surface area contributed by atoms with E-state index in [1.165, 1.54) is 13.0 Å². The number of carbonyl (C=O) groups excluding carboxylic acids is 1. The molecule has 202 valence electrons. The summed E-state index contributed by atoms with van der Waals surface area (Å²) >= 11 is 12.3. The average Bonchev–Trinajstić information content (AvgIpc) is 3.35. The third-order valence-corrected chi connectivity index (χ3v) is 6.31. The molecular weight excluding hydrogens is 563 g/mol. The van der Waals surface area contributed by atoms with Gasteiger partial charge in [0, 0.05) is 27.1 Å². The fourth-order valence-electron chi connectivity index (χ4n) is 3.99. The molecule has 2 aromatic heterocycles. The fourth-order valence-corrected chi connectivity index (χ4v) is 4.39. The van der Waals surface area contributed by atoms with Crippen molar-refractivity contribution in [2.24, 2.45) is 5.10 Å². The number of nitro groups is 1. The first-order chi connectivity index (χ1) is 19.2. The fraction of sp³-hybridized carbons (Fsp3) is 0.111. The van der Waals surface area contributed by atoms with Gasteiger partial charge in [0.15, 0.2) is 11.9 Å². The Balaban J connectivity index is 1.71. The summed E-state index contributed by atoms with van der Waals surface area (Å²) in [5, 5.41) is 17.6. The number of carbonyl (C=O) groups is 1. The maximum atomic E-state index is 13.6. The molecule has 3 aromatic carbocycles. The number of esters is 1. The van der Waals surface area contributed by atoms with E-state index in [0.29, 0.717) is 21.5 Å². The van der Waals surface area contributed by atoms with E-state index in [2.05, 4.69) is 14.8 Å². The maximum Gasteiger partial charge on any atom is 0.346 e. The van der Waals surface area contributed by atoms with Gasteiger partial charge in [-0.3, -0.25) is 14.9 Å². The van der Waals surface area contributed by atoms with Crippen molar-refractivity contribution in [3.8, 4) is 17.3 Å². The second-order valence-electron chi connectivity index (χ2n) is 8.49. The van der Waals surface area contributed by atoms with Gasteiger partial charge in [-0.1, -0.05) is 35.3 Å². The topological polar surface area (TPSA) is 139 Å². The van der Waals surface area contributed by atoms with Crippen molar-refractivity contribution in [1.29, 1.82) is 0 Å². The summed E-state index contributed by atoms with van der Waals surface area (Å²) < 4.78 is 17.2. The van der Waals surface area contributed by atoms with E-state index in [0.717, 1.165) is 24.1 Å². The second-order valence-corrected chi connectivity index (χ2v) is 9.36. The first kappa shape index (κ1) is 26.9. The molecule has 2 heterocycles. The molecule has 0 bridgehead atoms. The Morgan fingerprint density at radius 2 is 1.93 bits per heavy atom. The number of ether oxygens (including phenoxy) is 2. The number of nitro benzene ring substituents is 1. The van der Waals surface area contributed by atoms with Crippen LogP contribution in [0.3, 0.4) is 0 Å². The Morgan fingerprint density at radius 1 is 1.15 bits per heavy atom. The molecule has 11 nitrogen and oxygen atoms in total. The summed E-state index contributed by atoms with van der Waals surface area (Å²) in [6.45, 7) is 1.37. The number of rotatable bonds is 7. The summed E-state index contributed by atoms with van der Waals surface area (Å²) in [7, 11) is 1.16. The molecule has 40 heavy (non-hydrogen) atoms. The van der Waals surface area contributed by atoms with Gasteiger partial charge in [0.2, 0.25) is 11.6 Å². The Kier molecular flexibility index (Phi) is 7.24. The van der Waals surface area contributed by atoms with Crippen LogP contribution in [-0.4, -0.2) is 40.0 Å². The molecule has 0 saturated carbocycles. The van der Waals surface area contributed by atoms with Crippen molar-refractivity contribution >= 4 is 62.9 Å². The van der Waals surface area contributed by atoms with Crippen LogP contribution in [0.2, 0.25) is 10.0 Å². The number of hydrogen-bond donors (Lipinski definition) is 0. The van der Waals surface area contributed by atoms with Gasteiger partial charge in [-0.25, -0.2) is 9.78 Å². The largest absolute Gasteiger partial charge is 0.471 e. The number of methoxy groups -OCH3 is 1. The van der Waals surface area contributed by atoms with Gasteiger partial charge in [-0.2, -0.15) is 9.78 Å². The van der Waals surface area contributed by atoms with Crippen LogP contribution in [0.4, 0.5) is 5.69 Å². The van der Waals surface area contributed by atoms with Crippen molar-refractivity contribution in [3.05, 3.63) is 96.7 Å². The summed E-state index contributed by atoms with van der Waals surface area (Å²) in [5.41, 5.74) is -0.102. The van der Waals surface area contributed by atoms with Crippen LogP contribution in [0, 0.1) is 10.1 Å². The number of halogens is 2. The van der Waals surface area contributed by atoms with Crippen molar-refractivity contribution in [1.82, 2.24) is 9.66 Å². The standard InChI is InChI=1S/C27H18Cl2N4O7/c1-14(27(35)38-2)39-24-16(10-18(29)12-21(24)33(36)37)13-30-32-25(31-20-6-4-3-5-19(20)26(32)34)23-11-15-9-17(28)7-8-22(15)40-23/h3-14H,1-2H3/t14-/m1/s1. The summed E-state index contributed by atoms with van der Waals surface area (Å²) in [6.07, 6.45) is -0.0426. The number of hydrogen-bond acceptors (Lipinski definition) is 9. The van der Waals surface area contributed by atoms with E-state index in [4.69, 9.17) is 32.4 Å². The molecule has 13 heteroatoms. The SMILES string of the molecule is COC(=O)[C@@H](C)Oc1c(C=Nn2c(-c3cc4cc(Cl)ccc4o3)nc3ccccc3c2=O)cc(Cl)cc1[N+](=O)[O-]. The van der Waals surface area contributed by atoms with Crippen LogP contribution >= 0.6 is 23.2 Å². The zero-order chi connectivity index (χ0) is 28.6. The lowest BCUT2D eigenvalue weighted by molar-refractivity contribution is -0.386. The average molecular weight is 581 g/mol. The molecule has 0 saturated heterocycles. The number of fused-ring (bicyclic) bond motifs is 2. The molecule has 0 fully saturated rings. The van der Waals surface area contributed by atoms with Crippen LogP contribution < -0.4 is 10.3 Å². The lowest BCUT2D eigenvalue weighted by Gasteiger charge is -2.15. The summed E-state index contributed by atoms with van der Waals surface area (Å²) in [5.74, 6) is -0.758. The predicted octanol–water partition coefficient (Wildman–Crippen LogP) is 5.85. The maximum absolute atomic E-state index is 13.6. The van der Waals surface area contributed by atoms with Gasteiger partial charge in [0.25, 0.3) is 5.56 Å². The smallest absolute Gasteiger partial charge is 0.346 e. The zero-order valence-corrected chi connectivity index (χ0v) is 22.3.